The van der Waals surface area contributed by atoms with Crippen molar-refractivity contribution in [3.8, 4) is 0 Å². The minimum absolute atomic E-state index is 0.0683. The molecule has 0 aliphatic heterocycles. The third-order valence-corrected chi connectivity index (χ3v) is 1.51. The van der Waals surface area contributed by atoms with Crippen LogP contribution in [0.5, 0.6) is 0 Å². The zero-order valence-corrected chi connectivity index (χ0v) is 6.31. The molecule has 3 nitrogen and oxygen atoms in total. The molecule has 0 saturated carbocycles. The maximum atomic E-state index is 8.16. The van der Waals surface area contributed by atoms with Gasteiger partial charge in [0.15, 0.2) is 0 Å². The molecule has 0 aromatic heterocycles. The van der Waals surface area contributed by atoms with Crippen LogP contribution in [0, 0.1) is 0 Å². The number of benzene rings is 1. The Kier molecular flexibility index (Phi) is 2.53. The lowest BCUT2D eigenvalue weighted by Gasteiger charge is -2.01. The van der Waals surface area contributed by atoms with Crippen LogP contribution >= 0.6 is 0 Å². The molecule has 0 radical (unpaired) electrons. The topological polar surface area (TPSA) is 48.8 Å². The van der Waals surface area contributed by atoms with Crippen molar-refractivity contribution in [2.75, 3.05) is 0 Å². The third-order valence-electron chi connectivity index (χ3n) is 1.51. The largest absolute Gasteiger partial charge is 0.0862 e. The van der Waals surface area contributed by atoms with Gasteiger partial charge in [0, 0.05) is 4.91 Å². The first-order valence-corrected chi connectivity index (χ1v) is 3.43. The van der Waals surface area contributed by atoms with Crippen molar-refractivity contribution in [1.82, 2.24) is 0 Å². The molecular formula is C8H9N3. The van der Waals surface area contributed by atoms with Crippen molar-refractivity contribution in [3.05, 3.63) is 46.3 Å². The molecule has 0 bridgehead atoms. The van der Waals surface area contributed by atoms with E-state index in [9.17, 15) is 0 Å². The average molecular weight is 147 g/mol. The van der Waals surface area contributed by atoms with E-state index in [1.54, 1.807) is 0 Å². The number of nitrogens with zero attached hydrogens (tertiary/aromatic N) is 3. The van der Waals surface area contributed by atoms with Crippen molar-refractivity contribution in [2.24, 2.45) is 5.11 Å². The summed E-state index contributed by atoms with van der Waals surface area (Å²) in [6.45, 7) is 1.87. The van der Waals surface area contributed by atoms with Gasteiger partial charge in [-0.2, -0.15) is 0 Å². The van der Waals surface area contributed by atoms with E-state index >= 15 is 0 Å². The highest BCUT2D eigenvalue weighted by molar-refractivity contribution is 5.17. The zero-order chi connectivity index (χ0) is 8.10. The second kappa shape index (κ2) is 3.64. The molecule has 1 atom stereocenters. The number of hydrogen-bond donors (Lipinski definition) is 0. The van der Waals surface area contributed by atoms with Crippen LogP contribution in [-0.2, 0) is 0 Å². The van der Waals surface area contributed by atoms with E-state index in [4.69, 9.17) is 5.53 Å². The van der Waals surface area contributed by atoms with Gasteiger partial charge in [-0.1, -0.05) is 42.4 Å². The molecule has 0 aliphatic rings. The predicted octanol–water partition coefficient (Wildman–Crippen LogP) is 3.06. The van der Waals surface area contributed by atoms with Crippen LogP contribution in [0.25, 0.3) is 10.4 Å². The summed E-state index contributed by atoms with van der Waals surface area (Å²) in [5.41, 5.74) is 9.20. The summed E-state index contributed by atoms with van der Waals surface area (Å²) < 4.78 is 0. The normalized spacial score (nSPS) is 11.7. The summed E-state index contributed by atoms with van der Waals surface area (Å²) in [4.78, 5) is 2.74. The minimum Gasteiger partial charge on any atom is -0.0862 e. The Morgan fingerprint density at radius 3 is 2.55 bits per heavy atom. The van der Waals surface area contributed by atoms with Crippen molar-refractivity contribution in [2.45, 2.75) is 13.0 Å². The van der Waals surface area contributed by atoms with Gasteiger partial charge < -0.3 is 0 Å². The van der Waals surface area contributed by atoms with Gasteiger partial charge in [-0.05, 0) is 11.1 Å². The molecule has 0 spiro atoms. The van der Waals surface area contributed by atoms with Crippen LogP contribution in [0.4, 0.5) is 0 Å². The molecule has 1 aromatic carbocycles. The van der Waals surface area contributed by atoms with Crippen LogP contribution in [0.15, 0.2) is 35.4 Å². The van der Waals surface area contributed by atoms with Gasteiger partial charge in [-0.3, -0.25) is 0 Å². The summed E-state index contributed by atoms with van der Waals surface area (Å²) in [6, 6.07) is 9.61. The highest BCUT2D eigenvalue weighted by Gasteiger charge is 1.98. The Morgan fingerprint density at radius 2 is 2.00 bits per heavy atom. The lowest BCUT2D eigenvalue weighted by atomic mass is 10.1. The Bertz CT molecular complexity index is 262. The van der Waals surface area contributed by atoms with E-state index < -0.39 is 0 Å². The van der Waals surface area contributed by atoms with E-state index in [-0.39, 0.29) is 6.04 Å². The van der Waals surface area contributed by atoms with Crippen molar-refractivity contribution in [1.29, 1.82) is 0 Å². The van der Waals surface area contributed by atoms with Crippen molar-refractivity contribution >= 4 is 0 Å². The van der Waals surface area contributed by atoms with Crippen LogP contribution in [-0.4, -0.2) is 0 Å². The van der Waals surface area contributed by atoms with Crippen LogP contribution in [0.2, 0.25) is 0 Å². The van der Waals surface area contributed by atoms with Crippen molar-refractivity contribution < 1.29 is 0 Å². The molecule has 3 heteroatoms. The van der Waals surface area contributed by atoms with Crippen molar-refractivity contribution in [3.63, 3.8) is 0 Å². The second-order valence-corrected chi connectivity index (χ2v) is 2.29. The molecule has 0 unspecified atom stereocenters. The number of azide groups is 1. The maximum Gasteiger partial charge on any atom is 0.0597 e. The Hall–Kier alpha value is -1.47. The second-order valence-electron chi connectivity index (χ2n) is 2.29. The predicted molar refractivity (Wildman–Crippen MR) is 44.0 cm³/mol. The van der Waals surface area contributed by atoms with Gasteiger partial charge in [0.25, 0.3) is 0 Å². The molecule has 0 fully saturated rings. The fourth-order valence-corrected chi connectivity index (χ4v) is 0.876. The number of rotatable bonds is 2. The molecule has 0 saturated heterocycles. The zero-order valence-electron chi connectivity index (χ0n) is 6.31. The average Bonchev–Trinajstić information content (AvgIpc) is 2.07. The molecule has 11 heavy (non-hydrogen) atoms. The standard InChI is InChI=1S/C8H9N3/c1-7(10-11-9)8-5-3-2-4-6-8/h2-7H,1H3/t7-/m0/s1. The fourth-order valence-electron chi connectivity index (χ4n) is 0.876. The van der Waals surface area contributed by atoms with E-state index in [1.807, 2.05) is 37.3 Å². The SMILES string of the molecule is C[C@H](N=[N+]=[N-])c1ccccc1. The molecule has 1 rings (SSSR count). The van der Waals surface area contributed by atoms with Gasteiger partial charge in [0.2, 0.25) is 0 Å². The van der Waals surface area contributed by atoms with Crippen LogP contribution in [0.1, 0.15) is 18.5 Å². The fraction of sp³-hybridized carbons (Fsp3) is 0.250. The van der Waals surface area contributed by atoms with Gasteiger partial charge in [0.05, 0.1) is 6.04 Å². The van der Waals surface area contributed by atoms with Gasteiger partial charge in [-0.15, -0.1) is 0 Å². The molecule has 1 aromatic rings. The Morgan fingerprint density at radius 1 is 1.36 bits per heavy atom. The van der Waals surface area contributed by atoms with Gasteiger partial charge in [0.1, 0.15) is 0 Å². The molecule has 0 aliphatic carbocycles. The molecular weight excluding hydrogens is 138 g/mol. The summed E-state index contributed by atoms with van der Waals surface area (Å²) >= 11 is 0. The number of hydrogen-bond acceptors (Lipinski definition) is 1. The van der Waals surface area contributed by atoms with E-state index in [1.165, 1.54) is 0 Å². The first kappa shape index (κ1) is 7.63. The Balaban J connectivity index is 2.84. The van der Waals surface area contributed by atoms with Crippen LogP contribution in [0.3, 0.4) is 0 Å². The molecule has 56 valence electrons. The third kappa shape index (κ3) is 1.99. The highest BCUT2D eigenvalue weighted by atomic mass is 15.1. The summed E-state index contributed by atoms with van der Waals surface area (Å²) in [5, 5.41) is 3.58. The monoisotopic (exact) mass is 147 g/mol. The highest BCUT2D eigenvalue weighted by Crippen LogP contribution is 2.15. The van der Waals surface area contributed by atoms with E-state index in [0.717, 1.165) is 5.56 Å². The first-order chi connectivity index (χ1) is 5.34. The summed E-state index contributed by atoms with van der Waals surface area (Å²) in [6.07, 6.45) is 0. The maximum absolute atomic E-state index is 8.16. The van der Waals surface area contributed by atoms with Gasteiger partial charge >= 0.3 is 0 Å². The molecule has 0 heterocycles. The van der Waals surface area contributed by atoms with Gasteiger partial charge in [-0.25, -0.2) is 0 Å². The summed E-state index contributed by atoms with van der Waals surface area (Å²) in [5.74, 6) is 0. The Labute approximate surface area is 65.3 Å². The molecule has 0 amide bonds. The van der Waals surface area contributed by atoms with E-state index in [0.29, 0.717) is 0 Å². The smallest absolute Gasteiger partial charge is 0.0597 e. The minimum atomic E-state index is -0.0683. The quantitative estimate of drug-likeness (QED) is 0.350. The first-order valence-electron chi connectivity index (χ1n) is 3.43. The lowest BCUT2D eigenvalue weighted by molar-refractivity contribution is 0.808. The van der Waals surface area contributed by atoms with E-state index in [2.05, 4.69) is 10.0 Å². The van der Waals surface area contributed by atoms with Crippen LogP contribution < -0.4 is 0 Å². The lowest BCUT2D eigenvalue weighted by Crippen LogP contribution is -1.85. The summed E-state index contributed by atoms with van der Waals surface area (Å²) in [7, 11) is 0. The molecule has 0 N–H and O–H groups in total.